The average Bonchev–Trinajstić information content (AvgIpc) is 3.11. The van der Waals surface area contributed by atoms with Crippen molar-refractivity contribution in [2.24, 2.45) is 11.1 Å². The summed E-state index contributed by atoms with van der Waals surface area (Å²) >= 11 is 0. The fourth-order valence-corrected chi connectivity index (χ4v) is 5.51. The first-order chi connectivity index (χ1) is 22.9. The standard InChI is InChI=1S/C40H48N4O4/c1-28(41)33-17-12-18-34(25-33)38(47)44(5)36(24-30-19-21-32(22-20-30)31-15-10-7-11-16-31)39(48)43(4)35(23-29-13-8-6-9-14-29)37(46)42-26-40(2,3)27-45/h6-22,25,28,35-36,45H,23-24,26-27,41H2,1-5H3,(H,42,46)/t28?,35-,36-/m1/s1. The number of aliphatic hydroxyl groups excluding tert-OH is 1. The maximum atomic E-state index is 14.6. The van der Waals surface area contributed by atoms with Crippen molar-refractivity contribution < 1.29 is 19.5 Å². The summed E-state index contributed by atoms with van der Waals surface area (Å²) in [5, 5.41) is 12.7. The van der Waals surface area contributed by atoms with Crippen molar-refractivity contribution in [3.63, 3.8) is 0 Å². The van der Waals surface area contributed by atoms with E-state index in [2.05, 4.69) is 5.32 Å². The molecule has 8 nitrogen and oxygen atoms in total. The minimum absolute atomic E-state index is 0.104. The van der Waals surface area contributed by atoms with Gasteiger partial charge in [-0.25, -0.2) is 0 Å². The second kappa shape index (κ2) is 16.4. The lowest BCUT2D eigenvalue weighted by atomic mass is 9.94. The molecule has 0 aliphatic carbocycles. The number of benzene rings is 4. The van der Waals surface area contributed by atoms with E-state index in [9.17, 15) is 19.5 Å². The quantitative estimate of drug-likeness (QED) is 0.173. The van der Waals surface area contributed by atoms with Crippen LogP contribution in [-0.4, -0.2) is 72.0 Å². The van der Waals surface area contributed by atoms with Gasteiger partial charge in [-0.05, 0) is 46.9 Å². The van der Waals surface area contributed by atoms with Gasteiger partial charge in [0.2, 0.25) is 11.8 Å². The second-order valence-electron chi connectivity index (χ2n) is 13.3. The van der Waals surface area contributed by atoms with Crippen molar-refractivity contribution in [2.45, 2.75) is 51.7 Å². The van der Waals surface area contributed by atoms with Gasteiger partial charge < -0.3 is 26.0 Å². The van der Waals surface area contributed by atoms with Gasteiger partial charge >= 0.3 is 0 Å². The Bertz CT molecular complexity index is 1660. The van der Waals surface area contributed by atoms with E-state index in [0.29, 0.717) is 5.56 Å². The Morgan fingerprint density at radius 3 is 1.92 bits per heavy atom. The minimum atomic E-state index is -0.913. The number of amides is 3. The SMILES string of the molecule is CC(N)c1cccc(C(=O)N(C)[C@H](Cc2ccc(-c3ccccc3)cc2)C(=O)N(C)[C@H](Cc2ccccc2)C(=O)NCC(C)(C)CO)c1. The molecule has 3 amide bonds. The van der Waals surface area contributed by atoms with Crippen molar-refractivity contribution in [3.8, 4) is 11.1 Å². The number of nitrogens with two attached hydrogens (primary N) is 1. The summed E-state index contributed by atoms with van der Waals surface area (Å²) < 4.78 is 0. The summed E-state index contributed by atoms with van der Waals surface area (Å²) in [7, 11) is 3.25. The Hall–Kier alpha value is -4.79. The number of carbonyl (C=O) groups excluding carboxylic acids is 3. The molecule has 0 saturated carbocycles. The van der Waals surface area contributed by atoms with Gasteiger partial charge in [-0.1, -0.05) is 111 Å². The lowest BCUT2D eigenvalue weighted by molar-refractivity contribution is -0.142. The van der Waals surface area contributed by atoms with Crippen molar-refractivity contribution >= 4 is 17.7 Å². The van der Waals surface area contributed by atoms with Gasteiger partial charge in [0.25, 0.3) is 5.91 Å². The van der Waals surface area contributed by atoms with E-state index in [1.165, 1.54) is 9.80 Å². The van der Waals surface area contributed by atoms with Crippen LogP contribution in [0, 0.1) is 5.41 Å². The topological polar surface area (TPSA) is 116 Å². The highest BCUT2D eigenvalue weighted by molar-refractivity contribution is 5.98. The normalized spacial score (nSPS) is 13.2. The first-order valence-corrected chi connectivity index (χ1v) is 16.4. The van der Waals surface area contributed by atoms with E-state index in [0.717, 1.165) is 27.8 Å². The number of hydrogen-bond donors (Lipinski definition) is 3. The van der Waals surface area contributed by atoms with Gasteiger partial charge in [0, 0.05) is 57.1 Å². The van der Waals surface area contributed by atoms with E-state index in [1.54, 1.807) is 32.3 Å². The van der Waals surface area contributed by atoms with Gasteiger partial charge in [0.1, 0.15) is 12.1 Å². The molecule has 48 heavy (non-hydrogen) atoms. The van der Waals surface area contributed by atoms with Gasteiger partial charge in [-0.2, -0.15) is 0 Å². The number of likely N-dealkylation sites (N-methyl/N-ethyl adjacent to an activating group) is 2. The molecule has 0 heterocycles. The van der Waals surface area contributed by atoms with Crippen LogP contribution in [0.2, 0.25) is 0 Å². The van der Waals surface area contributed by atoms with Crippen LogP contribution in [0.5, 0.6) is 0 Å². The molecule has 0 saturated heterocycles. The molecule has 1 unspecified atom stereocenters. The van der Waals surface area contributed by atoms with Crippen LogP contribution in [-0.2, 0) is 22.4 Å². The molecule has 0 fully saturated rings. The summed E-state index contributed by atoms with van der Waals surface area (Å²) in [5.74, 6) is -1.02. The smallest absolute Gasteiger partial charge is 0.254 e. The van der Waals surface area contributed by atoms with Crippen LogP contribution in [0.25, 0.3) is 11.1 Å². The molecule has 0 aromatic heterocycles. The predicted molar refractivity (Wildman–Crippen MR) is 191 cm³/mol. The third kappa shape index (κ3) is 9.40. The number of nitrogens with zero attached hydrogens (tertiary/aromatic N) is 2. The number of aliphatic hydroxyl groups is 1. The van der Waals surface area contributed by atoms with Crippen LogP contribution in [0.15, 0.2) is 109 Å². The first kappa shape index (κ1) is 36.1. The van der Waals surface area contributed by atoms with Gasteiger partial charge in [0.05, 0.1) is 0 Å². The molecule has 4 aromatic carbocycles. The largest absolute Gasteiger partial charge is 0.396 e. The molecule has 0 bridgehead atoms. The summed E-state index contributed by atoms with van der Waals surface area (Å²) in [4.78, 5) is 45.2. The van der Waals surface area contributed by atoms with Crippen LogP contribution in [0.4, 0.5) is 0 Å². The maximum Gasteiger partial charge on any atom is 0.254 e. The van der Waals surface area contributed by atoms with E-state index in [1.807, 2.05) is 112 Å². The Labute approximate surface area is 284 Å². The Balaban J connectivity index is 1.68. The highest BCUT2D eigenvalue weighted by atomic mass is 16.3. The summed E-state index contributed by atoms with van der Waals surface area (Å²) in [6.07, 6.45) is 0.520. The van der Waals surface area contributed by atoms with Crippen LogP contribution in [0.3, 0.4) is 0 Å². The van der Waals surface area contributed by atoms with Crippen LogP contribution < -0.4 is 11.1 Å². The Morgan fingerprint density at radius 1 is 0.750 bits per heavy atom. The molecule has 4 N–H and O–H groups in total. The maximum absolute atomic E-state index is 14.6. The average molecular weight is 649 g/mol. The third-order valence-electron chi connectivity index (χ3n) is 8.78. The number of nitrogens with one attached hydrogen (secondary N) is 1. The zero-order valence-electron chi connectivity index (χ0n) is 28.6. The molecular formula is C40H48N4O4. The molecule has 4 aromatic rings. The number of rotatable bonds is 14. The lowest BCUT2D eigenvalue weighted by Gasteiger charge is -2.35. The highest BCUT2D eigenvalue weighted by Crippen LogP contribution is 2.23. The summed E-state index contributed by atoms with van der Waals surface area (Å²) in [6.45, 7) is 5.70. The van der Waals surface area contributed by atoms with Crippen molar-refractivity contribution in [1.29, 1.82) is 0 Å². The molecule has 252 valence electrons. The minimum Gasteiger partial charge on any atom is -0.396 e. The van der Waals surface area contributed by atoms with Crippen molar-refractivity contribution in [2.75, 3.05) is 27.2 Å². The fraction of sp³-hybridized carbons (Fsp3) is 0.325. The molecule has 8 heteroatoms. The number of hydrogen-bond acceptors (Lipinski definition) is 5. The predicted octanol–water partition coefficient (Wildman–Crippen LogP) is 5.26. The molecule has 0 spiro atoms. The van der Waals surface area contributed by atoms with Gasteiger partial charge in [-0.15, -0.1) is 0 Å². The second-order valence-corrected chi connectivity index (χ2v) is 13.3. The van der Waals surface area contributed by atoms with E-state index < -0.39 is 17.5 Å². The van der Waals surface area contributed by atoms with E-state index in [4.69, 9.17) is 5.73 Å². The molecule has 0 radical (unpaired) electrons. The van der Waals surface area contributed by atoms with E-state index >= 15 is 0 Å². The zero-order valence-corrected chi connectivity index (χ0v) is 28.6. The molecule has 4 rings (SSSR count). The van der Waals surface area contributed by atoms with Gasteiger partial charge in [0.15, 0.2) is 0 Å². The van der Waals surface area contributed by atoms with Crippen molar-refractivity contribution in [1.82, 2.24) is 15.1 Å². The fourth-order valence-electron chi connectivity index (χ4n) is 5.51. The third-order valence-corrected chi connectivity index (χ3v) is 8.78. The molecular weight excluding hydrogens is 600 g/mol. The Kier molecular flexibility index (Phi) is 12.3. The monoisotopic (exact) mass is 648 g/mol. The van der Waals surface area contributed by atoms with Crippen molar-refractivity contribution in [3.05, 3.63) is 131 Å². The highest BCUT2D eigenvalue weighted by Gasteiger charge is 2.36. The zero-order chi connectivity index (χ0) is 34.8. The summed E-state index contributed by atoms with van der Waals surface area (Å²) in [5.41, 5.74) is 10.7. The summed E-state index contributed by atoms with van der Waals surface area (Å²) in [6, 6.07) is 32.6. The Morgan fingerprint density at radius 2 is 1.31 bits per heavy atom. The van der Waals surface area contributed by atoms with Gasteiger partial charge in [-0.3, -0.25) is 14.4 Å². The van der Waals surface area contributed by atoms with Crippen LogP contribution in [0.1, 0.15) is 53.9 Å². The number of carbonyl (C=O) groups is 3. The molecule has 3 atom stereocenters. The lowest BCUT2D eigenvalue weighted by Crippen LogP contribution is -2.56. The molecule has 0 aliphatic heterocycles. The van der Waals surface area contributed by atoms with Crippen LogP contribution >= 0.6 is 0 Å². The van der Waals surface area contributed by atoms with E-state index in [-0.39, 0.29) is 49.8 Å². The first-order valence-electron chi connectivity index (χ1n) is 16.4. The molecule has 0 aliphatic rings.